The molecule has 0 radical (unpaired) electrons. The Morgan fingerprint density at radius 1 is 1.53 bits per heavy atom. The molecule has 0 saturated carbocycles. The lowest BCUT2D eigenvalue weighted by Gasteiger charge is -2.22. The van der Waals surface area contributed by atoms with E-state index in [1.807, 2.05) is 0 Å². The molecular formula is C14H23NO4. The summed E-state index contributed by atoms with van der Waals surface area (Å²) in [7, 11) is 0. The summed E-state index contributed by atoms with van der Waals surface area (Å²) in [6.45, 7) is 7.29. The number of carbonyl (C=O) groups is 2. The standard InChI is InChI=1S/C14H23NO4/c1-9-6-5-7-10(9)8-11(12(16)17)15-13(18)19-14(2,3)4/h7,9,11H,5-6,8H2,1-4H3,(H,15,18)(H,16,17). The van der Waals surface area contributed by atoms with E-state index < -0.39 is 23.7 Å². The van der Waals surface area contributed by atoms with Gasteiger partial charge in [-0.05, 0) is 46.0 Å². The molecule has 1 aliphatic carbocycles. The number of amides is 1. The minimum absolute atomic E-state index is 0.343. The highest BCUT2D eigenvalue weighted by molar-refractivity contribution is 5.80. The average Bonchev–Trinajstić information content (AvgIpc) is 2.60. The lowest BCUT2D eigenvalue weighted by molar-refractivity contribution is -0.139. The molecule has 5 heteroatoms. The molecule has 1 rings (SSSR count). The summed E-state index contributed by atoms with van der Waals surface area (Å²) in [5, 5.41) is 11.6. The topological polar surface area (TPSA) is 75.6 Å². The zero-order valence-electron chi connectivity index (χ0n) is 12.0. The normalized spacial score (nSPS) is 20.6. The Morgan fingerprint density at radius 2 is 2.16 bits per heavy atom. The second kappa shape index (κ2) is 6.08. The molecule has 0 fully saturated rings. The lowest BCUT2D eigenvalue weighted by Crippen LogP contribution is -2.43. The maximum atomic E-state index is 11.6. The minimum atomic E-state index is -1.04. The molecule has 1 aliphatic rings. The number of hydrogen-bond acceptors (Lipinski definition) is 3. The largest absolute Gasteiger partial charge is 0.480 e. The number of alkyl carbamates (subject to hydrolysis) is 1. The van der Waals surface area contributed by atoms with Crippen molar-refractivity contribution in [2.75, 3.05) is 0 Å². The highest BCUT2D eigenvalue weighted by Gasteiger charge is 2.27. The SMILES string of the molecule is CC1CCC=C1CC(NC(=O)OC(C)(C)C)C(=O)O. The molecule has 0 aliphatic heterocycles. The first-order valence-electron chi connectivity index (χ1n) is 6.60. The van der Waals surface area contributed by atoms with Crippen molar-refractivity contribution in [2.45, 2.75) is 58.6 Å². The quantitative estimate of drug-likeness (QED) is 0.769. The third-order valence-electron chi connectivity index (χ3n) is 3.07. The average molecular weight is 269 g/mol. The zero-order valence-corrected chi connectivity index (χ0v) is 12.0. The van der Waals surface area contributed by atoms with Gasteiger partial charge < -0.3 is 15.2 Å². The van der Waals surface area contributed by atoms with Crippen molar-refractivity contribution in [3.8, 4) is 0 Å². The fourth-order valence-electron chi connectivity index (χ4n) is 2.08. The van der Waals surface area contributed by atoms with Gasteiger partial charge >= 0.3 is 12.1 Å². The van der Waals surface area contributed by atoms with Crippen LogP contribution in [0, 0.1) is 5.92 Å². The van der Waals surface area contributed by atoms with Crippen LogP contribution in [0.4, 0.5) is 4.79 Å². The van der Waals surface area contributed by atoms with Gasteiger partial charge in [0.25, 0.3) is 0 Å². The molecule has 0 aromatic rings. The maximum absolute atomic E-state index is 11.6. The van der Waals surface area contributed by atoms with Gasteiger partial charge in [0.2, 0.25) is 0 Å². The van der Waals surface area contributed by atoms with Crippen molar-refractivity contribution in [1.82, 2.24) is 5.32 Å². The molecule has 0 heterocycles. The van der Waals surface area contributed by atoms with Crippen LogP contribution in [0.3, 0.4) is 0 Å². The molecule has 108 valence electrons. The van der Waals surface area contributed by atoms with E-state index >= 15 is 0 Å². The first kappa shape index (κ1) is 15.5. The van der Waals surface area contributed by atoms with Crippen LogP contribution >= 0.6 is 0 Å². The number of aliphatic carboxylic acids is 1. The first-order chi connectivity index (χ1) is 8.69. The predicted octanol–water partition coefficient (Wildman–Crippen LogP) is 2.71. The van der Waals surface area contributed by atoms with Crippen molar-refractivity contribution in [1.29, 1.82) is 0 Å². The van der Waals surface area contributed by atoms with Crippen LogP contribution < -0.4 is 5.32 Å². The number of rotatable bonds is 4. The van der Waals surface area contributed by atoms with Gasteiger partial charge in [0, 0.05) is 0 Å². The van der Waals surface area contributed by atoms with Crippen molar-refractivity contribution >= 4 is 12.1 Å². The van der Waals surface area contributed by atoms with Crippen molar-refractivity contribution < 1.29 is 19.4 Å². The van der Waals surface area contributed by atoms with E-state index in [0.29, 0.717) is 12.3 Å². The van der Waals surface area contributed by atoms with Gasteiger partial charge in [-0.15, -0.1) is 0 Å². The van der Waals surface area contributed by atoms with Crippen LogP contribution in [0.1, 0.15) is 47.0 Å². The van der Waals surface area contributed by atoms with E-state index in [4.69, 9.17) is 9.84 Å². The first-order valence-corrected chi connectivity index (χ1v) is 6.60. The molecule has 2 atom stereocenters. The van der Waals surface area contributed by atoms with E-state index in [1.54, 1.807) is 20.8 Å². The van der Waals surface area contributed by atoms with E-state index in [-0.39, 0.29) is 0 Å². The molecule has 0 saturated heterocycles. The number of nitrogens with one attached hydrogen (secondary N) is 1. The minimum Gasteiger partial charge on any atom is -0.480 e. The molecule has 1 amide bonds. The van der Waals surface area contributed by atoms with Crippen LogP contribution in [-0.2, 0) is 9.53 Å². The smallest absolute Gasteiger partial charge is 0.408 e. The second-order valence-electron chi connectivity index (χ2n) is 6.00. The van der Waals surface area contributed by atoms with Crippen molar-refractivity contribution in [3.05, 3.63) is 11.6 Å². The lowest BCUT2D eigenvalue weighted by atomic mass is 9.97. The summed E-state index contributed by atoms with van der Waals surface area (Å²) in [6, 6.07) is -0.929. The van der Waals surface area contributed by atoms with Gasteiger partial charge in [-0.1, -0.05) is 18.6 Å². The molecule has 19 heavy (non-hydrogen) atoms. The van der Waals surface area contributed by atoms with Crippen LogP contribution in [-0.4, -0.2) is 28.8 Å². The van der Waals surface area contributed by atoms with Gasteiger partial charge in [0.05, 0.1) is 0 Å². The molecule has 0 bridgehead atoms. The summed E-state index contributed by atoms with van der Waals surface area (Å²) in [6.07, 6.45) is 3.75. The van der Waals surface area contributed by atoms with Gasteiger partial charge in [0.1, 0.15) is 11.6 Å². The Kier molecular flexibility index (Phi) is 4.97. The Morgan fingerprint density at radius 3 is 2.58 bits per heavy atom. The molecule has 0 spiro atoms. The number of carboxylic acids is 1. The second-order valence-corrected chi connectivity index (χ2v) is 6.00. The number of carboxylic acid groups (broad SMARTS) is 1. The predicted molar refractivity (Wildman–Crippen MR) is 71.9 cm³/mol. The number of hydrogen-bond donors (Lipinski definition) is 2. The van der Waals surface area contributed by atoms with E-state index in [2.05, 4.69) is 18.3 Å². The molecule has 2 unspecified atom stereocenters. The molecule has 0 aromatic carbocycles. The molecular weight excluding hydrogens is 246 g/mol. The summed E-state index contributed by atoms with van der Waals surface area (Å²) in [5.41, 5.74) is 0.469. The Labute approximate surface area is 114 Å². The van der Waals surface area contributed by atoms with Crippen molar-refractivity contribution in [2.24, 2.45) is 5.92 Å². The number of ether oxygens (including phenoxy) is 1. The monoisotopic (exact) mass is 269 g/mol. The molecule has 0 aromatic heterocycles. The Hall–Kier alpha value is -1.52. The third kappa shape index (κ3) is 5.32. The van der Waals surface area contributed by atoms with Gasteiger partial charge in [0.15, 0.2) is 0 Å². The summed E-state index contributed by atoms with van der Waals surface area (Å²) in [5.74, 6) is -0.645. The van der Waals surface area contributed by atoms with Gasteiger partial charge in [-0.2, -0.15) is 0 Å². The summed E-state index contributed by atoms with van der Waals surface area (Å²) < 4.78 is 5.08. The van der Waals surface area contributed by atoms with Crippen LogP contribution in [0.2, 0.25) is 0 Å². The molecule has 5 nitrogen and oxygen atoms in total. The van der Waals surface area contributed by atoms with E-state index in [1.165, 1.54) is 0 Å². The van der Waals surface area contributed by atoms with Crippen LogP contribution in [0.25, 0.3) is 0 Å². The van der Waals surface area contributed by atoms with Gasteiger partial charge in [-0.3, -0.25) is 0 Å². The fraction of sp³-hybridized carbons (Fsp3) is 0.714. The zero-order chi connectivity index (χ0) is 14.6. The van der Waals surface area contributed by atoms with E-state index in [0.717, 1.165) is 18.4 Å². The van der Waals surface area contributed by atoms with Crippen LogP contribution in [0.5, 0.6) is 0 Å². The highest BCUT2D eigenvalue weighted by Crippen LogP contribution is 2.28. The van der Waals surface area contributed by atoms with Crippen molar-refractivity contribution in [3.63, 3.8) is 0 Å². The summed E-state index contributed by atoms with van der Waals surface area (Å²) in [4.78, 5) is 22.8. The highest BCUT2D eigenvalue weighted by atomic mass is 16.6. The Balaban J connectivity index is 2.59. The number of allylic oxidation sites excluding steroid dienone is 1. The van der Waals surface area contributed by atoms with Crippen LogP contribution in [0.15, 0.2) is 11.6 Å². The fourth-order valence-corrected chi connectivity index (χ4v) is 2.08. The summed E-state index contributed by atoms with van der Waals surface area (Å²) >= 11 is 0. The maximum Gasteiger partial charge on any atom is 0.408 e. The third-order valence-corrected chi connectivity index (χ3v) is 3.07. The number of carbonyl (C=O) groups excluding carboxylic acids is 1. The molecule has 2 N–H and O–H groups in total. The van der Waals surface area contributed by atoms with E-state index in [9.17, 15) is 9.59 Å². The Bertz CT molecular complexity index is 381. The van der Waals surface area contributed by atoms with Gasteiger partial charge in [-0.25, -0.2) is 9.59 Å².